The molecule has 0 fully saturated rings. The standard InChI is InChI=1S/C11H10BrNOS/c12-9-3-1-2-8(11(9)14)10(13)7-4-5-15-6-7/h1-6,10,14H,13H2/t10-/m0/s1. The van der Waals surface area contributed by atoms with Gasteiger partial charge in [-0.3, -0.25) is 0 Å². The van der Waals surface area contributed by atoms with Gasteiger partial charge in [0.1, 0.15) is 5.75 Å². The van der Waals surface area contributed by atoms with Gasteiger partial charge in [0.2, 0.25) is 0 Å². The summed E-state index contributed by atoms with van der Waals surface area (Å²) in [5.74, 6) is 0.219. The fourth-order valence-corrected chi connectivity index (χ4v) is 2.49. The number of hydrogen-bond donors (Lipinski definition) is 2. The fraction of sp³-hybridized carbons (Fsp3) is 0.0909. The lowest BCUT2D eigenvalue weighted by Gasteiger charge is -2.13. The topological polar surface area (TPSA) is 46.2 Å². The highest BCUT2D eigenvalue weighted by Crippen LogP contribution is 2.33. The second kappa shape index (κ2) is 4.35. The lowest BCUT2D eigenvalue weighted by molar-refractivity contribution is 0.462. The number of thiophene rings is 1. The van der Waals surface area contributed by atoms with E-state index < -0.39 is 0 Å². The molecule has 0 radical (unpaired) electrons. The summed E-state index contributed by atoms with van der Waals surface area (Å²) in [6.07, 6.45) is 0. The number of halogens is 1. The van der Waals surface area contributed by atoms with E-state index in [0.717, 1.165) is 11.1 Å². The van der Waals surface area contributed by atoms with Gasteiger partial charge in [-0.2, -0.15) is 11.3 Å². The summed E-state index contributed by atoms with van der Waals surface area (Å²) in [4.78, 5) is 0. The van der Waals surface area contributed by atoms with Crippen LogP contribution in [0.1, 0.15) is 17.2 Å². The van der Waals surface area contributed by atoms with Crippen LogP contribution in [-0.4, -0.2) is 5.11 Å². The summed E-state index contributed by atoms with van der Waals surface area (Å²) in [5, 5.41) is 13.8. The molecule has 0 aliphatic heterocycles. The van der Waals surface area contributed by atoms with Crippen LogP contribution in [0.5, 0.6) is 5.75 Å². The first-order valence-electron chi connectivity index (χ1n) is 4.45. The number of para-hydroxylation sites is 1. The van der Waals surface area contributed by atoms with Crippen LogP contribution in [0.3, 0.4) is 0 Å². The maximum Gasteiger partial charge on any atom is 0.134 e. The third kappa shape index (κ3) is 2.07. The van der Waals surface area contributed by atoms with Crippen LogP contribution in [0.4, 0.5) is 0 Å². The second-order valence-electron chi connectivity index (χ2n) is 3.21. The molecule has 0 amide bonds. The zero-order chi connectivity index (χ0) is 10.8. The molecule has 0 aliphatic rings. The number of phenols is 1. The Hall–Kier alpha value is -0.840. The number of phenolic OH excluding ortho intramolecular Hbond substituents is 1. The summed E-state index contributed by atoms with van der Waals surface area (Å²) in [7, 11) is 0. The van der Waals surface area contributed by atoms with Crippen molar-refractivity contribution in [2.75, 3.05) is 0 Å². The third-order valence-electron chi connectivity index (χ3n) is 2.26. The summed E-state index contributed by atoms with van der Waals surface area (Å²) in [6.45, 7) is 0. The Labute approximate surface area is 100 Å². The van der Waals surface area contributed by atoms with Gasteiger partial charge in [0.05, 0.1) is 10.5 Å². The lowest BCUT2D eigenvalue weighted by Crippen LogP contribution is -2.10. The summed E-state index contributed by atoms with van der Waals surface area (Å²) < 4.78 is 0.672. The van der Waals surface area contributed by atoms with Gasteiger partial charge in [-0.05, 0) is 44.4 Å². The number of hydrogen-bond acceptors (Lipinski definition) is 3. The molecule has 1 aromatic heterocycles. The maximum atomic E-state index is 9.84. The Morgan fingerprint density at radius 1 is 1.33 bits per heavy atom. The molecule has 2 rings (SSSR count). The fourth-order valence-electron chi connectivity index (χ4n) is 1.41. The highest BCUT2D eigenvalue weighted by Gasteiger charge is 2.14. The maximum absolute atomic E-state index is 9.84. The monoisotopic (exact) mass is 283 g/mol. The van der Waals surface area contributed by atoms with Crippen molar-refractivity contribution < 1.29 is 5.11 Å². The Morgan fingerprint density at radius 3 is 2.80 bits per heavy atom. The van der Waals surface area contributed by atoms with E-state index >= 15 is 0 Å². The molecule has 0 spiro atoms. The van der Waals surface area contributed by atoms with Crippen LogP contribution in [0.2, 0.25) is 0 Å². The summed E-state index contributed by atoms with van der Waals surface area (Å²) >= 11 is 4.87. The van der Waals surface area contributed by atoms with Crippen molar-refractivity contribution in [2.45, 2.75) is 6.04 Å². The van der Waals surface area contributed by atoms with Crippen molar-refractivity contribution in [3.8, 4) is 5.75 Å². The molecule has 2 nitrogen and oxygen atoms in total. The minimum absolute atomic E-state index is 0.219. The first-order chi connectivity index (χ1) is 7.20. The van der Waals surface area contributed by atoms with Gasteiger partial charge >= 0.3 is 0 Å². The van der Waals surface area contributed by atoms with Gasteiger partial charge in [0.15, 0.2) is 0 Å². The van der Waals surface area contributed by atoms with E-state index in [1.54, 1.807) is 17.4 Å². The quantitative estimate of drug-likeness (QED) is 0.889. The predicted octanol–water partition coefficient (Wildman–Crippen LogP) is 3.26. The molecule has 4 heteroatoms. The molecule has 1 aromatic carbocycles. The molecule has 0 bridgehead atoms. The van der Waals surface area contributed by atoms with Crippen molar-refractivity contribution in [2.24, 2.45) is 5.73 Å². The Morgan fingerprint density at radius 2 is 2.13 bits per heavy atom. The van der Waals surface area contributed by atoms with E-state index in [0.29, 0.717) is 4.47 Å². The van der Waals surface area contributed by atoms with Gasteiger partial charge in [0.25, 0.3) is 0 Å². The Kier molecular flexibility index (Phi) is 3.09. The molecule has 0 saturated heterocycles. The van der Waals surface area contributed by atoms with Crippen LogP contribution >= 0.6 is 27.3 Å². The highest BCUT2D eigenvalue weighted by atomic mass is 79.9. The van der Waals surface area contributed by atoms with Gasteiger partial charge in [-0.15, -0.1) is 0 Å². The smallest absolute Gasteiger partial charge is 0.134 e. The number of rotatable bonds is 2. The van der Waals surface area contributed by atoms with Gasteiger partial charge < -0.3 is 10.8 Å². The molecule has 0 saturated carbocycles. The highest BCUT2D eigenvalue weighted by molar-refractivity contribution is 9.10. The molecule has 1 atom stereocenters. The van der Waals surface area contributed by atoms with Crippen molar-refractivity contribution in [3.63, 3.8) is 0 Å². The first-order valence-corrected chi connectivity index (χ1v) is 6.19. The Balaban J connectivity index is 2.42. The number of nitrogens with two attached hydrogens (primary N) is 1. The van der Waals surface area contributed by atoms with E-state index in [9.17, 15) is 5.11 Å². The van der Waals surface area contributed by atoms with Crippen molar-refractivity contribution >= 4 is 27.3 Å². The normalized spacial score (nSPS) is 12.7. The SMILES string of the molecule is N[C@@H](c1ccsc1)c1cccc(Br)c1O. The second-order valence-corrected chi connectivity index (χ2v) is 4.85. The first kappa shape index (κ1) is 10.7. The molecule has 0 aliphatic carbocycles. The predicted molar refractivity (Wildman–Crippen MR) is 66.2 cm³/mol. The van der Waals surface area contributed by atoms with Gasteiger partial charge in [-0.25, -0.2) is 0 Å². The van der Waals surface area contributed by atoms with E-state index in [4.69, 9.17) is 5.73 Å². The van der Waals surface area contributed by atoms with E-state index in [1.807, 2.05) is 29.0 Å². The van der Waals surface area contributed by atoms with Crippen molar-refractivity contribution in [1.82, 2.24) is 0 Å². The average Bonchev–Trinajstić information content (AvgIpc) is 2.74. The third-order valence-corrected chi connectivity index (χ3v) is 3.60. The number of aromatic hydroxyl groups is 1. The molecule has 0 unspecified atom stereocenters. The van der Waals surface area contributed by atoms with Crippen LogP contribution in [-0.2, 0) is 0 Å². The van der Waals surface area contributed by atoms with E-state index in [2.05, 4.69) is 15.9 Å². The van der Waals surface area contributed by atoms with Crippen molar-refractivity contribution in [3.05, 3.63) is 50.6 Å². The van der Waals surface area contributed by atoms with Gasteiger partial charge in [-0.1, -0.05) is 12.1 Å². The minimum Gasteiger partial charge on any atom is -0.506 e. The summed E-state index contributed by atoms with van der Waals surface area (Å²) in [6, 6.07) is 7.19. The molecule has 1 heterocycles. The Bertz CT molecular complexity index is 456. The molecule has 2 aromatic rings. The van der Waals surface area contributed by atoms with Crippen LogP contribution in [0.15, 0.2) is 39.5 Å². The summed E-state index contributed by atoms with van der Waals surface area (Å²) in [5.41, 5.74) is 7.82. The molecule has 3 N–H and O–H groups in total. The van der Waals surface area contributed by atoms with Crippen LogP contribution in [0, 0.1) is 0 Å². The molecular weight excluding hydrogens is 274 g/mol. The number of benzene rings is 1. The van der Waals surface area contributed by atoms with Crippen LogP contribution in [0.25, 0.3) is 0 Å². The molecule has 15 heavy (non-hydrogen) atoms. The zero-order valence-electron chi connectivity index (χ0n) is 7.85. The minimum atomic E-state index is -0.270. The van der Waals surface area contributed by atoms with Gasteiger partial charge in [0, 0.05) is 5.56 Å². The zero-order valence-corrected chi connectivity index (χ0v) is 10.3. The van der Waals surface area contributed by atoms with E-state index in [-0.39, 0.29) is 11.8 Å². The van der Waals surface area contributed by atoms with Crippen LogP contribution < -0.4 is 5.73 Å². The average molecular weight is 284 g/mol. The largest absolute Gasteiger partial charge is 0.506 e. The lowest BCUT2D eigenvalue weighted by atomic mass is 10.0. The van der Waals surface area contributed by atoms with Crippen molar-refractivity contribution in [1.29, 1.82) is 0 Å². The molecular formula is C11H10BrNOS. The molecule has 78 valence electrons. The van der Waals surface area contributed by atoms with E-state index in [1.165, 1.54) is 0 Å².